The number of hydrogen-bond donors (Lipinski definition) is 1. The van der Waals surface area contributed by atoms with Crippen molar-refractivity contribution in [2.24, 2.45) is 11.8 Å². The van der Waals surface area contributed by atoms with E-state index in [-0.39, 0.29) is 37.9 Å². The van der Waals surface area contributed by atoms with E-state index >= 15 is 0 Å². The van der Waals surface area contributed by atoms with Crippen molar-refractivity contribution in [3.8, 4) is 0 Å². The molecule has 5 rings (SSSR count). The van der Waals surface area contributed by atoms with E-state index in [1.165, 1.54) is 4.90 Å². The first-order valence-corrected chi connectivity index (χ1v) is 16.3. The van der Waals surface area contributed by atoms with Crippen LogP contribution < -0.4 is 0 Å². The molecule has 2 aromatic rings. The van der Waals surface area contributed by atoms with Crippen LogP contribution in [0.3, 0.4) is 0 Å². The molecule has 250 valence electrons. The third kappa shape index (κ3) is 6.49. The highest BCUT2D eigenvalue weighted by Crippen LogP contribution is 2.59. The van der Waals surface area contributed by atoms with Gasteiger partial charge in [0.1, 0.15) is 17.7 Å². The van der Waals surface area contributed by atoms with Gasteiger partial charge < -0.3 is 29.3 Å². The molecule has 0 aliphatic carbocycles. The van der Waals surface area contributed by atoms with Gasteiger partial charge in [-0.05, 0) is 37.3 Å². The normalized spacial score (nSPS) is 25.5. The number of fused-ring (bicyclic) bond motifs is 1. The molecule has 3 aliphatic heterocycles. The molecule has 1 N–H and O–H groups in total. The molecule has 7 atom stereocenters. The van der Waals surface area contributed by atoms with Gasteiger partial charge in [-0.15, -0.1) is 13.2 Å². The highest BCUT2D eigenvalue weighted by Gasteiger charge is 2.75. The van der Waals surface area contributed by atoms with Crippen LogP contribution in [0.2, 0.25) is 0 Å². The number of likely N-dealkylation sites (tertiary alicyclic amines) is 1. The van der Waals surface area contributed by atoms with Crippen molar-refractivity contribution in [2.75, 3.05) is 26.7 Å². The third-order valence-corrected chi connectivity index (χ3v) is 9.90. The van der Waals surface area contributed by atoms with E-state index in [0.717, 1.165) is 5.56 Å². The molecule has 3 amide bonds. The lowest BCUT2D eigenvalue weighted by Crippen LogP contribution is -2.56. The Labute approximate surface area is 276 Å². The van der Waals surface area contributed by atoms with Gasteiger partial charge in [0.25, 0.3) is 0 Å². The number of nitrogens with zero attached hydrogens (tertiary/aromatic N) is 3. The molecular weight excluding hydrogens is 598 g/mol. The highest BCUT2D eigenvalue weighted by atomic mass is 16.6. The van der Waals surface area contributed by atoms with E-state index in [9.17, 15) is 24.3 Å². The predicted molar refractivity (Wildman–Crippen MR) is 175 cm³/mol. The molecule has 10 heteroatoms. The summed E-state index contributed by atoms with van der Waals surface area (Å²) in [6.07, 6.45) is 3.61. The monoisotopic (exact) mass is 643 g/mol. The van der Waals surface area contributed by atoms with Crippen LogP contribution in [-0.2, 0) is 35.2 Å². The second kappa shape index (κ2) is 14.6. The Balaban J connectivity index is 1.44. The molecule has 10 nitrogen and oxygen atoms in total. The standard InChI is InChI=1S/C37H45N3O7/c1-5-7-18-29(42)38(4)25(3)32(27-16-12-9-13-17-27)46-36(45)30-28-19-20-37(47-28)31(30)34(43)40(22-23-41)33(37)35(44)39(21-6-2)24-26-14-10-8-11-15-26/h5-6,8-17,25,28,30-33,41H,1-2,7,18-24H2,3-4H3/t25-,28-,30+,31+,32+,33-,37+/m1/s1. The zero-order valence-electron chi connectivity index (χ0n) is 27.2. The number of likely N-dealkylation sites (N-methyl/N-ethyl adjacent to an activating group) is 1. The summed E-state index contributed by atoms with van der Waals surface area (Å²) in [4.78, 5) is 60.4. The van der Waals surface area contributed by atoms with Crippen molar-refractivity contribution in [3.05, 3.63) is 97.1 Å². The van der Waals surface area contributed by atoms with Gasteiger partial charge in [0.2, 0.25) is 17.7 Å². The average molecular weight is 644 g/mol. The van der Waals surface area contributed by atoms with Crippen LogP contribution in [-0.4, -0.2) is 94.0 Å². The maximum Gasteiger partial charge on any atom is 0.313 e. The van der Waals surface area contributed by atoms with Crippen LogP contribution >= 0.6 is 0 Å². The average Bonchev–Trinajstić information content (AvgIpc) is 3.73. The zero-order chi connectivity index (χ0) is 33.7. The lowest BCUT2D eigenvalue weighted by molar-refractivity contribution is -0.164. The summed E-state index contributed by atoms with van der Waals surface area (Å²) in [5.41, 5.74) is 0.394. The summed E-state index contributed by atoms with van der Waals surface area (Å²) in [7, 11) is 1.68. The maximum atomic E-state index is 14.4. The number of carbonyl (C=O) groups excluding carboxylic acids is 4. The highest BCUT2D eigenvalue weighted by molar-refractivity contribution is 5.98. The first kappa shape index (κ1) is 34.1. The van der Waals surface area contributed by atoms with Gasteiger partial charge in [-0.3, -0.25) is 19.2 Å². The summed E-state index contributed by atoms with van der Waals surface area (Å²) in [6, 6.07) is 17.2. The number of benzene rings is 2. The number of ether oxygens (including phenoxy) is 2. The molecule has 47 heavy (non-hydrogen) atoms. The smallest absolute Gasteiger partial charge is 0.313 e. The van der Waals surface area contributed by atoms with Crippen LogP contribution in [0.1, 0.15) is 49.8 Å². The fourth-order valence-corrected chi connectivity index (χ4v) is 7.54. The lowest BCUT2D eigenvalue weighted by atomic mass is 9.70. The van der Waals surface area contributed by atoms with Crippen molar-refractivity contribution < 1.29 is 33.8 Å². The summed E-state index contributed by atoms with van der Waals surface area (Å²) < 4.78 is 12.8. The maximum absolute atomic E-state index is 14.4. The number of rotatable bonds is 15. The van der Waals surface area contributed by atoms with Crippen molar-refractivity contribution in [1.29, 1.82) is 0 Å². The minimum atomic E-state index is -1.24. The largest absolute Gasteiger partial charge is 0.455 e. The number of allylic oxidation sites excluding steroid dienone is 1. The number of hydrogen-bond acceptors (Lipinski definition) is 7. The minimum Gasteiger partial charge on any atom is -0.455 e. The Morgan fingerprint density at radius 1 is 1.11 bits per heavy atom. The van der Waals surface area contributed by atoms with Gasteiger partial charge in [0, 0.05) is 33.1 Å². The van der Waals surface area contributed by atoms with Crippen LogP contribution in [0.5, 0.6) is 0 Å². The fraction of sp³-hybridized carbons (Fsp3) is 0.459. The van der Waals surface area contributed by atoms with E-state index in [1.54, 1.807) is 29.0 Å². The quantitative estimate of drug-likeness (QED) is 0.233. The third-order valence-electron chi connectivity index (χ3n) is 9.90. The van der Waals surface area contributed by atoms with Crippen molar-refractivity contribution in [2.45, 2.75) is 69.0 Å². The minimum absolute atomic E-state index is 0.0716. The van der Waals surface area contributed by atoms with Gasteiger partial charge in [0.15, 0.2) is 0 Å². The first-order valence-electron chi connectivity index (χ1n) is 16.3. The molecule has 2 aromatic carbocycles. The van der Waals surface area contributed by atoms with Gasteiger partial charge in [0.05, 0.1) is 30.6 Å². The zero-order valence-corrected chi connectivity index (χ0v) is 27.2. The van der Waals surface area contributed by atoms with Crippen molar-refractivity contribution in [3.63, 3.8) is 0 Å². The lowest BCUT2D eigenvalue weighted by Gasteiger charge is -2.36. The fourth-order valence-electron chi connectivity index (χ4n) is 7.54. The summed E-state index contributed by atoms with van der Waals surface area (Å²) in [5.74, 6) is -3.33. The van der Waals surface area contributed by atoms with E-state index < -0.39 is 53.6 Å². The molecule has 3 aliphatic rings. The van der Waals surface area contributed by atoms with Crippen molar-refractivity contribution in [1.82, 2.24) is 14.7 Å². The number of carbonyl (C=O) groups is 4. The molecule has 0 aromatic heterocycles. The van der Waals surface area contributed by atoms with Crippen molar-refractivity contribution >= 4 is 23.7 Å². The van der Waals surface area contributed by atoms with Gasteiger partial charge >= 0.3 is 5.97 Å². The number of aliphatic hydroxyl groups excluding tert-OH is 1. The van der Waals surface area contributed by atoms with Crippen LogP contribution in [0.4, 0.5) is 0 Å². The first-order chi connectivity index (χ1) is 22.7. The molecule has 3 fully saturated rings. The van der Waals surface area contributed by atoms with E-state index in [1.807, 2.05) is 67.6 Å². The Hall–Kier alpha value is -4.28. The Kier molecular flexibility index (Phi) is 10.6. The molecule has 0 radical (unpaired) electrons. The SMILES string of the molecule is C=CCCC(=O)N(C)[C@H](C)[C@H](OC(=O)[C@@H]1[C@H]2C(=O)N(CCO)[C@H](C(=O)N(CC=C)Cc3ccccc3)[C@]23CC[C@H]1O3)c1ccccc1. The van der Waals surface area contributed by atoms with Crippen LogP contribution in [0, 0.1) is 11.8 Å². The topological polar surface area (TPSA) is 117 Å². The summed E-state index contributed by atoms with van der Waals surface area (Å²) in [5, 5.41) is 9.98. The summed E-state index contributed by atoms with van der Waals surface area (Å²) in [6.45, 7) is 9.49. The molecule has 0 unspecified atom stereocenters. The van der Waals surface area contributed by atoms with E-state index in [4.69, 9.17) is 9.47 Å². The van der Waals surface area contributed by atoms with Crippen LogP contribution in [0.25, 0.3) is 0 Å². The summed E-state index contributed by atoms with van der Waals surface area (Å²) >= 11 is 0. The van der Waals surface area contributed by atoms with Gasteiger partial charge in [-0.2, -0.15) is 0 Å². The molecule has 0 saturated carbocycles. The van der Waals surface area contributed by atoms with E-state index in [2.05, 4.69) is 13.2 Å². The number of β-amino-alcohol motifs (C(OH)–C–C–N with tert-alkyl or cyclic N) is 1. The Morgan fingerprint density at radius 3 is 2.43 bits per heavy atom. The number of esters is 1. The number of aliphatic hydroxyl groups is 1. The van der Waals surface area contributed by atoms with Crippen LogP contribution in [0.15, 0.2) is 86.0 Å². The number of amides is 3. The predicted octanol–water partition coefficient (Wildman–Crippen LogP) is 3.67. The molecular formula is C37H45N3O7. The van der Waals surface area contributed by atoms with E-state index in [0.29, 0.717) is 31.4 Å². The Morgan fingerprint density at radius 2 is 1.79 bits per heavy atom. The molecule has 1 spiro atoms. The van der Waals surface area contributed by atoms with Gasteiger partial charge in [-0.1, -0.05) is 72.8 Å². The molecule has 3 saturated heterocycles. The van der Waals surface area contributed by atoms with Gasteiger partial charge in [-0.25, -0.2) is 0 Å². The molecule has 3 heterocycles. The second-order valence-corrected chi connectivity index (χ2v) is 12.6. The Bertz CT molecular complexity index is 1470. The second-order valence-electron chi connectivity index (χ2n) is 12.6. The molecule has 2 bridgehead atoms.